The third kappa shape index (κ3) is 3.53. The molecule has 1 N–H and O–H groups in total. The van der Waals surface area contributed by atoms with Crippen LogP contribution in [-0.2, 0) is 22.3 Å². The van der Waals surface area contributed by atoms with E-state index in [-0.39, 0.29) is 37.4 Å². The fraction of sp³-hybridized carbons (Fsp3) is 0.429. The molecule has 1 atom stereocenters. The molecule has 0 saturated carbocycles. The van der Waals surface area contributed by atoms with Gasteiger partial charge in [0.2, 0.25) is 5.91 Å². The number of likely N-dealkylation sites (tertiary alicyclic amines) is 1. The quantitative estimate of drug-likeness (QED) is 0.933. The highest BCUT2D eigenvalue weighted by atomic mass is 19.4. The SMILES string of the molecule is O=C(O)C1CCC(=O)N(Cc2ccccc2C(F)(F)F)C1. The van der Waals surface area contributed by atoms with Crippen molar-refractivity contribution in [3.63, 3.8) is 0 Å². The molecule has 1 aromatic rings. The Bertz CT molecular complexity index is 557. The van der Waals surface area contributed by atoms with Crippen molar-refractivity contribution in [2.45, 2.75) is 25.6 Å². The minimum absolute atomic E-state index is 0.0237. The molecule has 0 spiro atoms. The predicted octanol–water partition coefficient (Wildman–Crippen LogP) is 2.53. The summed E-state index contributed by atoms with van der Waals surface area (Å²) < 4.78 is 38.7. The van der Waals surface area contributed by atoms with Gasteiger partial charge in [0.25, 0.3) is 0 Å². The highest BCUT2D eigenvalue weighted by Gasteiger charge is 2.35. The van der Waals surface area contributed by atoms with Gasteiger partial charge >= 0.3 is 12.1 Å². The topological polar surface area (TPSA) is 57.6 Å². The molecule has 2 rings (SSSR count). The van der Waals surface area contributed by atoms with Crippen molar-refractivity contribution in [1.29, 1.82) is 0 Å². The van der Waals surface area contributed by atoms with Crippen molar-refractivity contribution in [2.75, 3.05) is 6.54 Å². The molecule has 1 saturated heterocycles. The van der Waals surface area contributed by atoms with Gasteiger partial charge in [0.1, 0.15) is 0 Å². The second kappa shape index (κ2) is 5.75. The van der Waals surface area contributed by atoms with E-state index in [0.29, 0.717) is 0 Å². The van der Waals surface area contributed by atoms with Crippen LogP contribution >= 0.6 is 0 Å². The number of carbonyl (C=O) groups excluding carboxylic acids is 1. The fourth-order valence-electron chi connectivity index (χ4n) is 2.41. The van der Waals surface area contributed by atoms with Crippen LogP contribution in [0.2, 0.25) is 0 Å². The van der Waals surface area contributed by atoms with Gasteiger partial charge in [-0.1, -0.05) is 18.2 Å². The van der Waals surface area contributed by atoms with Crippen LogP contribution in [0.25, 0.3) is 0 Å². The first-order valence-corrected chi connectivity index (χ1v) is 6.44. The third-order valence-electron chi connectivity index (χ3n) is 3.53. The highest BCUT2D eigenvalue weighted by Crippen LogP contribution is 2.33. The molecule has 0 aliphatic carbocycles. The Morgan fingerprint density at radius 1 is 1.33 bits per heavy atom. The predicted molar refractivity (Wildman–Crippen MR) is 67.2 cm³/mol. The van der Waals surface area contributed by atoms with Gasteiger partial charge < -0.3 is 10.0 Å². The van der Waals surface area contributed by atoms with Crippen molar-refractivity contribution in [3.8, 4) is 0 Å². The zero-order chi connectivity index (χ0) is 15.6. The Morgan fingerprint density at radius 2 is 2.00 bits per heavy atom. The normalized spacial score (nSPS) is 19.7. The van der Waals surface area contributed by atoms with E-state index in [4.69, 9.17) is 5.11 Å². The lowest BCUT2D eigenvalue weighted by Crippen LogP contribution is -2.42. The highest BCUT2D eigenvalue weighted by molar-refractivity contribution is 5.80. The van der Waals surface area contributed by atoms with E-state index in [1.807, 2.05) is 0 Å². The lowest BCUT2D eigenvalue weighted by Gasteiger charge is -2.31. The molecular formula is C14H14F3NO3. The van der Waals surface area contributed by atoms with Crippen molar-refractivity contribution in [1.82, 2.24) is 4.90 Å². The molecular weight excluding hydrogens is 287 g/mol. The molecule has 0 bridgehead atoms. The molecule has 1 aromatic carbocycles. The summed E-state index contributed by atoms with van der Waals surface area (Å²) in [4.78, 5) is 23.9. The Kier molecular flexibility index (Phi) is 4.20. The summed E-state index contributed by atoms with van der Waals surface area (Å²) in [7, 11) is 0. The third-order valence-corrected chi connectivity index (χ3v) is 3.53. The van der Waals surface area contributed by atoms with E-state index >= 15 is 0 Å². The lowest BCUT2D eigenvalue weighted by atomic mass is 9.96. The average molecular weight is 301 g/mol. The first kappa shape index (κ1) is 15.3. The second-order valence-corrected chi connectivity index (χ2v) is 5.00. The van der Waals surface area contributed by atoms with Crippen molar-refractivity contribution in [2.24, 2.45) is 5.92 Å². The summed E-state index contributed by atoms with van der Waals surface area (Å²) in [6, 6.07) is 5.01. The van der Waals surface area contributed by atoms with Gasteiger partial charge in [-0.3, -0.25) is 9.59 Å². The number of hydrogen-bond acceptors (Lipinski definition) is 2. The van der Waals surface area contributed by atoms with Gasteiger partial charge in [-0.2, -0.15) is 13.2 Å². The number of hydrogen-bond donors (Lipinski definition) is 1. The van der Waals surface area contributed by atoms with Crippen LogP contribution in [0.3, 0.4) is 0 Å². The molecule has 1 unspecified atom stereocenters. The van der Waals surface area contributed by atoms with Crippen molar-refractivity contribution >= 4 is 11.9 Å². The summed E-state index contributed by atoms with van der Waals surface area (Å²) in [5, 5.41) is 8.97. The first-order valence-electron chi connectivity index (χ1n) is 6.44. The molecule has 114 valence electrons. The van der Waals surface area contributed by atoms with Gasteiger partial charge in [-0.05, 0) is 18.1 Å². The molecule has 0 radical (unpaired) electrons. The Balaban J connectivity index is 2.21. The summed E-state index contributed by atoms with van der Waals surface area (Å²) >= 11 is 0. The standard InChI is InChI=1S/C14H14F3NO3/c15-14(16,17)11-4-2-1-3-9(11)7-18-8-10(13(20)21)5-6-12(18)19/h1-4,10H,5-8H2,(H,20,21). The second-order valence-electron chi connectivity index (χ2n) is 5.00. The van der Waals surface area contributed by atoms with E-state index in [1.165, 1.54) is 23.1 Å². The molecule has 1 fully saturated rings. The number of rotatable bonds is 3. The minimum atomic E-state index is -4.50. The van der Waals surface area contributed by atoms with E-state index < -0.39 is 23.6 Å². The van der Waals surface area contributed by atoms with Gasteiger partial charge in [-0.25, -0.2) is 0 Å². The Labute approximate surface area is 119 Å². The monoisotopic (exact) mass is 301 g/mol. The zero-order valence-corrected chi connectivity index (χ0v) is 11.1. The maximum Gasteiger partial charge on any atom is 0.416 e. The average Bonchev–Trinajstić information content (AvgIpc) is 2.40. The maximum absolute atomic E-state index is 12.9. The van der Waals surface area contributed by atoms with Crippen LogP contribution in [0.5, 0.6) is 0 Å². The molecule has 1 aliphatic heterocycles. The van der Waals surface area contributed by atoms with Gasteiger partial charge in [0.15, 0.2) is 0 Å². The molecule has 1 heterocycles. The fourth-order valence-corrected chi connectivity index (χ4v) is 2.41. The summed E-state index contributed by atoms with van der Waals surface area (Å²) in [5.41, 5.74) is -0.820. The first-order chi connectivity index (χ1) is 9.79. The number of aliphatic carboxylic acids is 1. The van der Waals surface area contributed by atoms with Crippen LogP contribution in [0.15, 0.2) is 24.3 Å². The van der Waals surface area contributed by atoms with E-state index in [0.717, 1.165) is 6.07 Å². The largest absolute Gasteiger partial charge is 0.481 e. The van der Waals surface area contributed by atoms with Crippen LogP contribution in [0, 0.1) is 5.92 Å². The van der Waals surface area contributed by atoms with Gasteiger partial charge in [0.05, 0.1) is 11.5 Å². The van der Waals surface area contributed by atoms with Gasteiger partial charge in [0, 0.05) is 19.5 Å². The molecule has 1 amide bonds. The molecule has 7 heteroatoms. The lowest BCUT2D eigenvalue weighted by molar-refractivity contribution is -0.148. The molecule has 1 aliphatic rings. The number of halogens is 3. The van der Waals surface area contributed by atoms with E-state index in [1.54, 1.807) is 0 Å². The molecule has 4 nitrogen and oxygen atoms in total. The number of piperidine rings is 1. The number of nitrogens with zero attached hydrogens (tertiary/aromatic N) is 1. The minimum Gasteiger partial charge on any atom is -0.481 e. The summed E-state index contributed by atoms with van der Waals surface area (Å²) in [6.07, 6.45) is -4.22. The Morgan fingerprint density at radius 3 is 2.62 bits per heavy atom. The number of benzene rings is 1. The maximum atomic E-state index is 12.9. The molecule has 21 heavy (non-hydrogen) atoms. The molecule has 0 aromatic heterocycles. The number of amides is 1. The van der Waals surface area contributed by atoms with E-state index in [9.17, 15) is 22.8 Å². The summed E-state index contributed by atoms with van der Waals surface area (Å²) in [5.74, 6) is -2.07. The number of carboxylic acid groups (broad SMARTS) is 1. The van der Waals surface area contributed by atoms with Crippen LogP contribution in [0.4, 0.5) is 13.2 Å². The number of carboxylic acids is 1. The zero-order valence-electron chi connectivity index (χ0n) is 11.1. The smallest absolute Gasteiger partial charge is 0.416 e. The van der Waals surface area contributed by atoms with Crippen molar-refractivity contribution in [3.05, 3.63) is 35.4 Å². The number of alkyl halides is 3. The van der Waals surface area contributed by atoms with Crippen molar-refractivity contribution < 1.29 is 27.9 Å². The Hall–Kier alpha value is -2.05. The summed E-state index contributed by atoms with van der Waals surface area (Å²) in [6.45, 7) is -0.279. The number of carbonyl (C=O) groups is 2. The van der Waals surface area contributed by atoms with Gasteiger partial charge in [-0.15, -0.1) is 0 Å². The van der Waals surface area contributed by atoms with Crippen LogP contribution in [-0.4, -0.2) is 28.4 Å². The van der Waals surface area contributed by atoms with E-state index in [2.05, 4.69) is 0 Å². The van der Waals surface area contributed by atoms with Crippen LogP contribution < -0.4 is 0 Å². The van der Waals surface area contributed by atoms with Crippen LogP contribution in [0.1, 0.15) is 24.0 Å².